The first-order valence-electron chi connectivity index (χ1n) is 18.7. The van der Waals surface area contributed by atoms with E-state index in [9.17, 15) is 0 Å². The molecule has 0 fully saturated rings. The van der Waals surface area contributed by atoms with Crippen LogP contribution in [0.4, 0.5) is 0 Å². The van der Waals surface area contributed by atoms with Crippen LogP contribution in [0.25, 0.3) is 98.4 Å². The zero-order valence-electron chi connectivity index (χ0n) is 29.8. The first kappa shape index (κ1) is 30.2. The van der Waals surface area contributed by atoms with Gasteiger partial charge in [-0.15, -0.1) is 0 Å². The predicted molar refractivity (Wildman–Crippen MR) is 228 cm³/mol. The molecule has 248 valence electrons. The highest BCUT2D eigenvalue weighted by molar-refractivity contribution is 6.23. The Balaban J connectivity index is 1.31. The van der Waals surface area contributed by atoms with Gasteiger partial charge >= 0.3 is 0 Å². The van der Waals surface area contributed by atoms with Gasteiger partial charge in [0.1, 0.15) is 0 Å². The molecule has 0 radical (unpaired) electrons. The van der Waals surface area contributed by atoms with Gasteiger partial charge in [0.05, 0.1) is 0 Å². The second-order valence-electron chi connectivity index (χ2n) is 15.3. The molecule has 0 saturated heterocycles. The van der Waals surface area contributed by atoms with Crippen LogP contribution in [0.2, 0.25) is 0 Å². The zero-order chi connectivity index (χ0) is 35.3. The third kappa shape index (κ3) is 4.55. The Labute approximate surface area is 309 Å². The molecule has 0 amide bonds. The van der Waals surface area contributed by atoms with Crippen molar-refractivity contribution >= 4 is 53.9 Å². The summed E-state index contributed by atoms with van der Waals surface area (Å²) in [4.78, 5) is 0. The Bertz CT molecular complexity index is 3140. The van der Waals surface area contributed by atoms with Crippen molar-refractivity contribution in [2.45, 2.75) is 19.3 Å². The Morgan fingerprint density at radius 3 is 1.34 bits per heavy atom. The van der Waals surface area contributed by atoms with Crippen LogP contribution in [0.15, 0.2) is 182 Å². The van der Waals surface area contributed by atoms with Crippen LogP contribution in [0.3, 0.4) is 0 Å². The van der Waals surface area contributed by atoms with Crippen LogP contribution >= 0.6 is 0 Å². The van der Waals surface area contributed by atoms with Crippen LogP contribution in [-0.2, 0) is 5.41 Å². The van der Waals surface area contributed by atoms with Crippen molar-refractivity contribution in [3.05, 3.63) is 193 Å². The lowest BCUT2D eigenvalue weighted by Gasteiger charge is -2.24. The molecule has 0 nitrogen and oxygen atoms in total. The van der Waals surface area contributed by atoms with Gasteiger partial charge in [0, 0.05) is 5.41 Å². The van der Waals surface area contributed by atoms with Gasteiger partial charge in [-0.05, 0) is 146 Å². The van der Waals surface area contributed by atoms with E-state index in [1.54, 1.807) is 0 Å². The molecule has 0 heteroatoms. The van der Waals surface area contributed by atoms with Crippen molar-refractivity contribution in [3.8, 4) is 44.5 Å². The Kier molecular flexibility index (Phi) is 6.40. The van der Waals surface area contributed by atoms with E-state index in [2.05, 4.69) is 196 Å². The minimum atomic E-state index is -0.119. The number of fused-ring (bicyclic) bond motifs is 8. The fourth-order valence-electron chi connectivity index (χ4n) is 9.28. The summed E-state index contributed by atoms with van der Waals surface area (Å²) in [6.45, 7) is 4.78. The predicted octanol–water partition coefficient (Wildman–Crippen LogP) is 14.8. The molecule has 10 aromatic rings. The van der Waals surface area contributed by atoms with Crippen molar-refractivity contribution in [1.82, 2.24) is 0 Å². The lowest BCUT2D eigenvalue weighted by atomic mass is 9.79. The average Bonchev–Trinajstić information content (AvgIpc) is 3.43. The lowest BCUT2D eigenvalue weighted by molar-refractivity contribution is 0.661. The van der Waals surface area contributed by atoms with Crippen LogP contribution < -0.4 is 0 Å². The molecule has 0 atom stereocenters. The van der Waals surface area contributed by atoms with Crippen molar-refractivity contribution < 1.29 is 0 Å². The molecule has 0 heterocycles. The van der Waals surface area contributed by atoms with Crippen LogP contribution in [0, 0.1) is 0 Å². The van der Waals surface area contributed by atoms with Gasteiger partial charge in [-0.3, -0.25) is 0 Å². The molecule has 0 aromatic heterocycles. The number of rotatable bonds is 3. The Morgan fingerprint density at radius 1 is 0.283 bits per heavy atom. The normalized spacial score (nSPS) is 13.2. The van der Waals surface area contributed by atoms with Gasteiger partial charge < -0.3 is 0 Å². The molecule has 1 aliphatic rings. The zero-order valence-corrected chi connectivity index (χ0v) is 29.8. The van der Waals surface area contributed by atoms with Gasteiger partial charge in [-0.25, -0.2) is 0 Å². The molecule has 10 aromatic carbocycles. The summed E-state index contributed by atoms with van der Waals surface area (Å²) in [5.74, 6) is 0. The highest BCUT2D eigenvalue weighted by Gasteiger charge is 2.36. The third-order valence-electron chi connectivity index (χ3n) is 12.0. The summed E-state index contributed by atoms with van der Waals surface area (Å²) in [6, 6.07) is 68.2. The molecular formula is C53H36. The highest BCUT2D eigenvalue weighted by Crippen LogP contribution is 2.53. The van der Waals surface area contributed by atoms with Crippen molar-refractivity contribution in [2.24, 2.45) is 0 Å². The summed E-state index contributed by atoms with van der Waals surface area (Å²) in [5, 5.41) is 12.7. The summed E-state index contributed by atoms with van der Waals surface area (Å²) in [6.07, 6.45) is 0. The molecule has 11 rings (SSSR count). The van der Waals surface area contributed by atoms with E-state index in [-0.39, 0.29) is 5.41 Å². The van der Waals surface area contributed by atoms with Gasteiger partial charge in [-0.2, -0.15) is 0 Å². The fraction of sp³-hybridized carbons (Fsp3) is 0.0566. The third-order valence-corrected chi connectivity index (χ3v) is 12.0. The highest BCUT2D eigenvalue weighted by atomic mass is 14.4. The maximum absolute atomic E-state index is 2.54. The molecule has 0 N–H and O–H groups in total. The molecule has 1 aliphatic carbocycles. The van der Waals surface area contributed by atoms with Crippen LogP contribution in [-0.4, -0.2) is 0 Å². The van der Waals surface area contributed by atoms with E-state index in [1.807, 2.05) is 0 Å². The SMILES string of the molecule is CC1(C)c2ccccc2-c2cc3c(-c4ccc5ccccc5c4)c4ccc(-c5ccc6ccccc6c5)cc4c(-c4ccc5ccccc5c4)c3cc21. The maximum atomic E-state index is 2.54. The van der Waals surface area contributed by atoms with Crippen molar-refractivity contribution in [2.75, 3.05) is 0 Å². The van der Waals surface area contributed by atoms with Gasteiger partial charge in [0.2, 0.25) is 0 Å². The second kappa shape index (κ2) is 11.2. The Hall–Kier alpha value is -6.50. The van der Waals surface area contributed by atoms with E-state index in [1.165, 1.54) is 109 Å². The van der Waals surface area contributed by atoms with Crippen molar-refractivity contribution in [1.29, 1.82) is 0 Å². The molecule has 0 bridgehead atoms. The molecular weight excluding hydrogens is 637 g/mol. The standard InChI is InChI=1S/C53H36/c1-53(2)49-18-10-9-17-43(49)45-31-47-48(32-50(45)53)52(42-24-21-35-13-5-8-16-38(35)29-42)46-30-40(39-22-19-33-11-3-6-14-36(33)27-39)25-26-44(46)51(47)41-23-20-34-12-4-7-15-37(34)28-41/h3-32H,1-2H3. The molecule has 0 saturated carbocycles. The van der Waals surface area contributed by atoms with Crippen LogP contribution in [0.1, 0.15) is 25.0 Å². The van der Waals surface area contributed by atoms with E-state index in [0.29, 0.717) is 0 Å². The maximum Gasteiger partial charge on any atom is 0.0159 e. The summed E-state index contributed by atoms with van der Waals surface area (Å²) in [5.41, 5.74) is 12.9. The van der Waals surface area contributed by atoms with E-state index in [0.717, 1.165) is 0 Å². The summed E-state index contributed by atoms with van der Waals surface area (Å²) < 4.78 is 0. The number of hydrogen-bond acceptors (Lipinski definition) is 0. The Morgan fingerprint density at radius 2 is 0.717 bits per heavy atom. The number of benzene rings is 10. The van der Waals surface area contributed by atoms with Gasteiger partial charge in [-0.1, -0.05) is 159 Å². The molecule has 53 heavy (non-hydrogen) atoms. The van der Waals surface area contributed by atoms with E-state index >= 15 is 0 Å². The van der Waals surface area contributed by atoms with Crippen molar-refractivity contribution in [3.63, 3.8) is 0 Å². The van der Waals surface area contributed by atoms with Crippen LogP contribution in [0.5, 0.6) is 0 Å². The summed E-state index contributed by atoms with van der Waals surface area (Å²) >= 11 is 0. The topological polar surface area (TPSA) is 0 Å². The lowest BCUT2D eigenvalue weighted by Crippen LogP contribution is -2.14. The fourth-order valence-corrected chi connectivity index (χ4v) is 9.28. The smallest absolute Gasteiger partial charge is 0.0159 e. The van der Waals surface area contributed by atoms with Gasteiger partial charge in [0.15, 0.2) is 0 Å². The average molecular weight is 673 g/mol. The monoisotopic (exact) mass is 672 g/mol. The van der Waals surface area contributed by atoms with E-state index < -0.39 is 0 Å². The first-order valence-corrected chi connectivity index (χ1v) is 18.7. The van der Waals surface area contributed by atoms with E-state index in [4.69, 9.17) is 0 Å². The largest absolute Gasteiger partial charge is 0.0619 e. The summed E-state index contributed by atoms with van der Waals surface area (Å²) in [7, 11) is 0. The minimum Gasteiger partial charge on any atom is -0.0619 e. The number of hydrogen-bond donors (Lipinski definition) is 0. The van der Waals surface area contributed by atoms with Gasteiger partial charge in [0.25, 0.3) is 0 Å². The second-order valence-corrected chi connectivity index (χ2v) is 15.3. The molecule has 0 spiro atoms. The minimum absolute atomic E-state index is 0.119. The molecule has 0 unspecified atom stereocenters. The molecule has 0 aliphatic heterocycles. The first-order chi connectivity index (χ1) is 26.0. The quantitative estimate of drug-likeness (QED) is 0.164.